The molecule has 0 aliphatic carbocycles. The van der Waals surface area contributed by atoms with Crippen LogP contribution in [-0.2, 0) is 0 Å². The minimum absolute atomic E-state index is 0.0152. The van der Waals surface area contributed by atoms with Crippen LogP contribution in [0.5, 0.6) is 0 Å². The van der Waals surface area contributed by atoms with E-state index < -0.39 is 0 Å². The Kier molecular flexibility index (Phi) is 5.01. The molecule has 5 heteroatoms. The lowest BCUT2D eigenvalue weighted by Gasteiger charge is -2.09. The van der Waals surface area contributed by atoms with Gasteiger partial charge in [-0.3, -0.25) is 9.59 Å². The largest absolute Gasteiger partial charge is 0.322 e. The van der Waals surface area contributed by atoms with Crippen molar-refractivity contribution < 1.29 is 14.0 Å². The van der Waals surface area contributed by atoms with Crippen LogP contribution in [-0.4, -0.2) is 37.2 Å². The van der Waals surface area contributed by atoms with E-state index in [1.54, 1.807) is 29.2 Å². The van der Waals surface area contributed by atoms with E-state index in [9.17, 15) is 14.0 Å². The van der Waals surface area contributed by atoms with Crippen LogP contribution in [0, 0.1) is 5.82 Å². The molecule has 0 fully saturated rings. The standard InChI is InChI=1S/C17H17FN2O2/c1-20(2)11-16(21)12-5-9-15(10-6-12)19-17(22)13-3-7-14(18)8-4-13/h3-10H,11H2,1-2H3,(H,19,22). The number of benzene rings is 2. The lowest BCUT2D eigenvalue weighted by atomic mass is 10.1. The number of nitrogens with zero attached hydrogens (tertiary/aromatic N) is 1. The SMILES string of the molecule is CN(C)CC(=O)c1ccc(NC(=O)c2ccc(F)cc2)cc1. The Bertz CT molecular complexity index is 664. The Labute approximate surface area is 128 Å². The molecule has 0 spiro atoms. The quantitative estimate of drug-likeness (QED) is 0.864. The molecular formula is C17H17FN2O2. The number of carbonyl (C=O) groups is 2. The fourth-order valence-electron chi connectivity index (χ4n) is 1.92. The number of halogens is 1. The highest BCUT2D eigenvalue weighted by Crippen LogP contribution is 2.12. The van der Waals surface area contributed by atoms with E-state index in [1.165, 1.54) is 24.3 Å². The summed E-state index contributed by atoms with van der Waals surface area (Å²) in [7, 11) is 3.66. The van der Waals surface area contributed by atoms with Gasteiger partial charge < -0.3 is 10.2 Å². The number of rotatable bonds is 5. The molecule has 1 amide bonds. The molecule has 0 saturated carbocycles. The van der Waals surface area contributed by atoms with Crippen LogP contribution in [0.15, 0.2) is 48.5 Å². The molecule has 0 atom stereocenters. The van der Waals surface area contributed by atoms with Crippen LogP contribution >= 0.6 is 0 Å². The molecular weight excluding hydrogens is 283 g/mol. The van der Waals surface area contributed by atoms with Gasteiger partial charge >= 0.3 is 0 Å². The van der Waals surface area contributed by atoms with Crippen molar-refractivity contribution in [3.8, 4) is 0 Å². The molecule has 0 heterocycles. The molecule has 0 bridgehead atoms. The predicted octanol–water partition coefficient (Wildman–Crippen LogP) is 2.82. The number of amides is 1. The number of hydrogen-bond acceptors (Lipinski definition) is 3. The molecule has 22 heavy (non-hydrogen) atoms. The second-order valence-electron chi connectivity index (χ2n) is 5.20. The molecule has 1 N–H and O–H groups in total. The van der Waals surface area contributed by atoms with Gasteiger partial charge in [-0.1, -0.05) is 0 Å². The van der Waals surface area contributed by atoms with E-state index in [0.29, 0.717) is 23.4 Å². The topological polar surface area (TPSA) is 49.4 Å². The van der Waals surface area contributed by atoms with Crippen molar-refractivity contribution >= 4 is 17.4 Å². The number of likely N-dealkylation sites (N-methyl/N-ethyl adjacent to an activating group) is 1. The van der Waals surface area contributed by atoms with Gasteiger partial charge in [0, 0.05) is 16.8 Å². The summed E-state index contributed by atoms with van der Waals surface area (Å²) in [5.41, 5.74) is 1.54. The highest BCUT2D eigenvalue weighted by molar-refractivity contribution is 6.04. The molecule has 0 aromatic heterocycles. The third kappa shape index (κ3) is 4.23. The van der Waals surface area contributed by atoms with E-state index >= 15 is 0 Å². The molecule has 0 unspecified atom stereocenters. The summed E-state index contributed by atoms with van der Waals surface area (Å²) in [6.07, 6.45) is 0. The van der Waals surface area contributed by atoms with Crippen molar-refractivity contribution in [1.82, 2.24) is 4.90 Å². The lowest BCUT2D eigenvalue weighted by molar-refractivity contribution is 0.0957. The second-order valence-corrected chi connectivity index (χ2v) is 5.20. The summed E-state index contributed by atoms with van der Waals surface area (Å²) < 4.78 is 12.8. The molecule has 2 aromatic rings. The van der Waals surface area contributed by atoms with E-state index in [0.717, 1.165) is 0 Å². The number of hydrogen-bond donors (Lipinski definition) is 1. The molecule has 0 saturated heterocycles. The molecule has 2 aromatic carbocycles. The highest BCUT2D eigenvalue weighted by atomic mass is 19.1. The lowest BCUT2D eigenvalue weighted by Crippen LogP contribution is -2.21. The van der Waals surface area contributed by atoms with Gasteiger partial charge in [0.05, 0.1) is 6.54 Å². The van der Waals surface area contributed by atoms with Crippen LogP contribution in [0.2, 0.25) is 0 Å². The Morgan fingerprint density at radius 2 is 1.50 bits per heavy atom. The normalized spacial score (nSPS) is 10.5. The third-order valence-corrected chi connectivity index (χ3v) is 3.03. The Balaban J connectivity index is 2.03. The smallest absolute Gasteiger partial charge is 0.255 e. The highest BCUT2D eigenvalue weighted by Gasteiger charge is 2.09. The average molecular weight is 300 g/mol. The van der Waals surface area contributed by atoms with Crippen molar-refractivity contribution in [2.75, 3.05) is 26.0 Å². The zero-order chi connectivity index (χ0) is 16.1. The van der Waals surface area contributed by atoms with Gasteiger partial charge in [-0.25, -0.2) is 4.39 Å². The summed E-state index contributed by atoms with van der Waals surface area (Å²) >= 11 is 0. The molecule has 2 rings (SSSR count). The summed E-state index contributed by atoms with van der Waals surface area (Å²) in [6, 6.07) is 12.0. The van der Waals surface area contributed by atoms with Crippen molar-refractivity contribution in [3.05, 3.63) is 65.5 Å². The van der Waals surface area contributed by atoms with Gasteiger partial charge in [0.1, 0.15) is 5.82 Å². The zero-order valence-electron chi connectivity index (χ0n) is 12.5. The minimum Gasteiger partial charge on any atom is -0.322 e. The van der Waals surface area contributed by atoms with Crippen molar-refractivity contribution in [2.24, 2.45) is 0 Å². The van der Waals surface area contributed by atoms with Gasteiger partial charge in [0.2, 0.25) is 0 Å². The molecule has 4 nitrogen and oxygen atoms in total. The zero-order valence-corrected chi connectivity index (χ0v) is 12.5. The number of ketones is 1. The maximum atomic E-state index is 12.8. The Morgan fingerprint density at radius 3 is 2.05 bits per heavy atom. The van der Waals surface area contributed by atoms with Gasteiger partial charge in [0.25, 0.3) is 5.91 Å². The van der Waals surface area contributed by atoms with Crippen LogP contribution in [0.25, 0.3) is 0 Å². The molecule has 0 aliphatic heterocycles. The first-order valence-electron chi connectivity index (χ1n) is 6.80. The summed E-state index contributed by atoms with van der Waals surface area (Å²) in [6.45, 7) is 0.335. The Hall–Kier alpha value is -2.53. The summed E-state index contributed by atoms with van der Waals surface area (Å²) in [5.74, 6) is -0.700. The average Bonchev–Trinajstić information content (AvgIpc) is 2.48. The van der Waals surface area contributed by atoms with Crippen LogP contribution in [0.3, 0.4) is 0 Å². The van der Waals surface area contributed by atoms with E-state index in [4.69, 9.17) is 0 Å². The van der Waals surface area contributed by atoms with Gasteiger partial charge in [0.15, 0.2) is 5.78 Å². The van der Waals surface area contributed by atoms with Crippen LogP contribution in [0.1, 0.15) is 20.7 Å². The second kappa shape index (κ2) is 6.95. The first kappa shape index (κ1) is 15.9. The number of Topliss-reactive ketones (excluding diaryl/α,β-unsaturated/α-hetero) is 1. The van der Waals surface area contributed by atoms with Crippen molar-refractivity contribution in [3.63, 3.8) is 0 Å². The first-order chi connectivity index (χ1) is 10.5. The third-order valence-electron chi connectivity index (χ3n) is 3.03. The Morgan fingerprint density at radius 1 is 0.955 bits per heavy atom. The monoisotopic (exact) mass is 300 g/mol. The summed E-state index contributed by atoms with van der Waals surface area (Å²) in [4.78, 5) is 25.7. The van der Waals surface area contributed by atoms with E-state index in [-0.39, 0.29) is 17.5 Å². The van der Waals surface area contributed by atoms with Crippen molar-refractivity contribution in [1.29, 1.82) is 0 Å². The number of anilines is 1. The predicted molar refractivity (Wildman–Crippen MR) is 83.7 cm³/mol. The summed E-state index contributed by atoms with van der Waals surface area (Å²) in [5, 5.41) is 2.70. The molecule has 0 radical (unpaired) electrons. The maximum absolute atomic E-state index is 12.8. The number of nitrogens with one attached hydrogen (secondary N) is 1. The van der Waals surface area contributed by atoms with Gasteiger partial charge in [-0.15, -0.1) is 0 Å². The number of carbonyl (C=O) groups excluding carboxylic acids is 2. The maximum Gasteiger partial charge on any atom is 0.255 e. The van der Waals surface area contributed by atoms with Gasteiger partial charge in [-0.2, -0.15) is 0 Å². The molecule has 114 valence electrons. The van der Waals surface area contributed by atoms with Crippen LogP contribution < -0.4 is 5.32 Å². The fourth-order valence-corrected chi connectivity index (χ4v) is 1.92. The molecule has 0 aliphatic rings. The fraction of sp³-hybridized carbons (Fsp3) is 0.176. The van der Waals surface area contributed by atoms with Crippen LogP contribution in [0.4, 0.5) is 10.1 Å². The first-order valence-corrected chi connectivity index (χ1v) is 6.80. The van der Waals surface area contributed by atoms with Crippen molar-refractivity contribution in [2.45, 2.75) is 0 Å². The van der Waals surface area contributed by atoms with Gasteiger partial charge in [-0.05, 0) is 62.6 Å². The van der Waals surface area contributed by atoms with E-state index in [1.807, 2.05) is 14.1 Å². The van der Waals surface area contributed by atoms with E-state index in [2.05, 4.69) is 5.32 Å². The minimum atomic E-state index is -0.389.